The molecule has 2 heterocycles. The standard InChI is InChI=1S/C18H14N6O3/c19-7-10-3-4-21-14(5-10)18(27)23-15-8-22-24-16(15)11-1-2-12(9-25)13(6-11)17(20)26/h1-6,8,25H,9H2,(H2,20,26)(H,22,24)(H,23,27). The summed E-state index contributed by atoms with van der Waals surface area (Å²) in [6.45, 7) is -0.327. The van der Waals surface area contributed by atoms with Crippen LogP contribution in [0.4, 0.5) is 5.69 Å². The first-order valence-electron chi connectivity index (χ1n) is 7.78. The fourth-order valence-electron chi connectivity index (χ4n) is 2.51. The number of pyridine rings is 1. The van der Waals surface area contributed by atoms with Gasteiger partial charge in [-0.05, 0) is 23.8 Å². The molecule has 0 fully saturated rings. The molecule has 2 aromatic heterocycles. The molecule has 5 N–H and O–H groups in total. The van der Waals surface area contributed by atoms with Gasteiger partial charge in [0.1, 0.15) is 5.69 Å². The third-order valence-corrected chi connectivity index (χ3v) is 3.84. The van der Waals surface area contributed by atoms with E-state index in [0.717, 1.165) is 0 Å². The van der Waals surface area contributed by atoms with Crippen LogP contribution in [0.25, 0.3) is 11.3 Å². The van der Waals surface area contributed by atoms with Gasteiger partial charge in [0.25, 0.3) is 5.91 Å². The Kier molecular flexibility index (Phi) is 4.92. The van der Waals surface area contributed by atoms with E-state index in [2.05, 4.69) is 20.5 Å². The van der Waals surface area contributed by atoms with Crippen LogP contribution in [0.5, 0.6) is 0 Å². The minimum absolute atomic E-state index is 0.0784. The summed E-state index contributed by atoms with van der Waals surface area (Å²) in [6, 6.07) is 9.55. The lowest BCUT2D eigenvalue weighted by Crippen LogP contribution is -2.15. The summed E-state index contributed by atoms with van der Waals surface area (Å²) in [4.78, 5) is 27.9. The minimum Gasteiger partial charge on any atom is -0.392 e. The van der Waals surface area contributed by atoms with Crippen LogP contribution in [-0.4, -0.2) is 32.1 Å². The molecule has 3 aromatic rings. The Bertz CT molecular complexity index is 1070. The van der Waals surface area contributed by atoms with E-state index < -0.39 is 11.8 Å². The number of aromatic amines is 1. The summed E-state index contributed by atoms with van der Waals surface area (Å²) in [5.74, 6) is -1.19. The number of nitriles is 1. The highest BCUT2D eigenvalue weighted by Gasteiger charge is 2.16. The van der Waals surface area contributed by atoms with Crippen molar-refractivity contribution in [1.29, 1.82) is 5.26 Å². The van der Waals surface area contributed by atoms with E-state index in [-0.39, 0.29) is 17.9 Å². The predicted octanol–water partition coefficient (Wildman–Crippen LogP) is 1.19. The van der Waals surface area contributed by atoms with Crippen molar-refractivity contribution in [1.82, 2.24) is 15.2 Å². The van der Waals surface area contributed by atoms with Gasteiger partial charge < -0.3 is 16.2 Å². The molecule has 0 saturated carbocycles. The number of aliphatic hydroxyl groups is 1. The number of benzene rings is 1. The number of nitrogens with two attached hydrogens (primary N) is 1. The molecule has 27 heavy (non-hydrogen) atoms. The molecular formula is C18H14N6O3. The van der Waals surface area contributed by atoms with Crippen molar-refractivity contribution in [2.24, 2.45) is 5.73 Å². The second kappa shape index (κ2) is 7.47. The van der Waals surface area contributed by atoms with E-state index in [1.807, 2.05) is 6.07 Å². The van der Waals surface area contributed by atoms with E-state index in [1.54, 1.807) is 12.1 Å². The molecule has 9 nitrogen and oxygen atoms in total. The first-order valence-corrected chi connectivity index (χ1v) is 7.78. The van der Waals surface area contributed by atoms with E-state index >= 15 is 0 Å². The molecule has 0 radical (unpaired) electrons. The number of H-pyrrole nitrogens is 1. The fraction of sp³-hybridized carbons (Fsp3) is 0.0556. The van der Waals surface area contributed by atoms with Crippen molar-refractivity contribution in [3.63, 3.8) is 0 Å². The summed E-state index contributed by atoms with van der Waals surface area (Å²) >= 11 is 0. The highest BCUT2D eigenvalue weighted by atomic mass is 16.3. The van der Waals surface area contributed by atoms with Crippen LogP contribution in [0.2, 0.25) is 0 Å². The second-order valence-electron chi connectivity index (χ2n) is 5.55. The molecule has 1 aromatic carbocycles. The number of primary amides is 1. The van der Waals surface area contributed by atoms with Crippen LogP contribution in [-0.2, 0) is 6.61 Å². The van der Waals surface area contributed by atoms with Gasteiger partial charge in [-0.25, -0.2) is 0 Å². The minimum atomic E-state index is -0.677. The lowest BCUT2D eigenvalue weighted by Gasteiger charge is -2.09. The van der Waals surface area contributed by atoms with Crippen molar-refractivity contribution in [3.8, 4) is 17.3 Å². The zero-order chi connectivity index (χ0) is 19.4. The normalized spacial score (nSPS) is 10.2. The number of nitrogens with one attached hydrogen (secondary N) is 2. The van der Waals surface area contributed by atoms with Gasteiger partial charge in [0.15, 0.2) is 0 Å². The molecule has 0 saturated heterocycles. The molecule has 0 atom stereocenters. The number of nitrogens with zero attached hydrogens (tertiary/aromatic N) is 3. The highest BCUT2D eigenvalue weighted by molar-refractivity contribution is 6.05. The van der Waals surface area contributed by atoms with Crippen LogP contribution in [0.15, 0.2) is 42.7 Å². The number of carbonyl (C=O) groups is 2. The van der Waals surface area contributed by atoms with Crippen LogP contribution >= 0.6 is 0 Å². The molecule has 0 unspecified atom stereocenters. The summed E-state index contributed by atoms with van der Waals surface area (Å²) in [7, 11) is 0. The predicted molar refractivity (Wildman–Crippen MR) is 95.4 cm³/mol. The van der Waals surface area contributed by atoms with Crippen molar-refractivity contribution < 1.29 is 14.7 Å². The number of amides is 2. The Labute approximate surface area is 153 Å². The molecule has 2 amide bonds. The molecular weight excluding hydrogens is 348 g/mol. The number of aliphatic hydroxyl groups excluding tert-OH is 1. The number of hydrogen-bond donors (Lipinski definition) is 4. The van der Waals surface area contributed by atoms with Gasteiger partial charge in [-0.15, -0.1) is 0 Å². The fourth-order valence-corrected chi connectivity index (χ4v) is 2.51. The average molecular weight is 362 g/mol. The number of rotatable bonds is 5. The van der Waals surface area contributed by atoms with Gasteiger partial charge in [0.05, 0.1) is 35.8 Å². The van der Waals surface area contributed by atoms with Crippen molar-refractivity contribution in [3.05, 3.63) is 65.1 Å². The number of carbonyl (C=O) groups excluding carboxylic acids is 2. The molecule has 0 aliphatic carbocycles. The largest absolute Gasteiger partial charge is 0.392 e. The molecule has 0 spiro atoms. The molecule has 3 rings (SSSR count). The maximum atomic E-state index is 12.4. The first kappa shape index (κ1) is 17.8. The van der Waals surface area contributed by atoms with E-state index in [1.165, 1.54) is 30.6 Å². The van der Waals surface area contributed by atoms with E-state index in [9.17, 15) is 14.7 Å². The second-order valence-corrected chi connectivity index (χ2v) is 5.55. The van der Waals surface area contributed by atoms with Crippen LogP contribution < -0.4 is 11.1 Å². The maximum absolute atomic E-state index is 12.4. The third kappa shape index (κ3) is 3.65. The summed E-state index contributed by atoms with van der Waals surface area (Å²) < 4.78 is 0. The Morgan fingerprint density at radius 3 is 2.81 bits per heavy atom. The molecule has 0 aliphatic rings. The lowest BCUT2D eigenvalue weighted by molar-refractivity contribution is 0.0994. The van der Waals surface area contributed by atoms with Crippen LogP contribution in [0.1, 0.15) is 32.0 Å². The van der Waals surface area contributed by atoms with Crippen molar-refractivity contribution in [2.75, 3.05) is 5.32 Å². The zero-order valence-electron chi connectivity index (χ0n) is 13.9. The Morgan fingerprint density at radius 2 is 2.11 bits per heavy atom. The zero-order valence-corrected chi connectivity index (χ0v) is 13.9. The van der Waals surface area contributed by atoms with Gasteiger partial charge in [-0.3, -0.25) is 19.7 Å². The SMILES string of the molecule is N#Cc1ccnc(C(=O)Nc2cn[nH]c2-c2ccc(CO)c(C(N)=O)c2)c1. The van der Waals surface area contributed by atoms with Gasteiger partial charge in [-0.1, -0.05) is 12.1 Å². The number of hydrogen-bond acceptors (Lipinski definition) is 6. The smallest absolute Gasteiger partial charge is 0.274 e. The lowest BCUT2D eigenvalue weighted by atomic mass is 10.0. The number of aromatic nitrogens is 3. The Morgan fingerprint density at radius 1 is 1.30 bits per heavy atom. The number of anilines is 1. The topological polar surface area (TPSA) is 158 Å². The molecule has 9 heteroatoms. The quantitative estimate of drug-likeness (QED) is 0.533. The van der Waals surface area contributed by atoms with Crippen LogP contribution in [0, 0.1) is 11.3 Å². The molecule has 134 valence electrons. The van der Waals surface area contributed by atoms with E-state index in [0.29, 0.717) is 28.1 Å². The summed E-state index contributed by atoms with van der Waals surface area (Å²) in [5, 5.41) is 27.6. The monoisotopic (exact) mass is 362 g/mol. The molecule has 0 bridgehead atoms. The van der Waals surface area contributed by atoms with Crippen LogP contribution in [0.3, 0.4) is 0 Å². The average Bonchev–Trinajstić information content (AvgIpc) is 3.15. The molecule has 0 aliphatic heterocycles. The first-order chi connectivity index (χ1) is 13.0. The van der Waals surface area contributed by atoms with Gasteiger partial charge >= 0.3 is 0 Å². The highest BCUT2D eigenvalue weighted by Crippen LogP contribution is 2.27. The van der Waals surface area contributed by atoms with Gasteiger partial charge in [0, 0.05) is 17.3 Å². The Hall–Kier alpha value is -4.03. The maximum Gasteiger partial charge on any atom is 0.274 e. The van der Waals surface area contributed by atoms with Gasteiger partial charge in [-0.2, -0.15) is 10.4 Å². The summed E-state index contributed by atoms with van der Waals surface area (Å²) in [5.41, 5.74) is 7.67. The van der Waals surface area contributed by atoms with Crippen molar-refractivity contribution in [2.45, 2.75) is 6.61 Å². The third-order valence-electron chi connectivity index (χ3n) is 3.84. The van der Waals surface area contributed by atoms with Crippen molar-refractivity contribution >= 4 is 17.5 Å². The van der Waals surface area contributed by atoms with Gasteiger partial charge in [0.2, 0.25) is 5.91 Å². The van der Waals surface area contributed by atoms with E-state index in [4.69, 9.17) is 11.0 Å². The summed E-state index contributed by atoms with van der Waals surface area (Å²) in [6.07, 6.45) is 2.78. The Balaban J connectivity index is 1.92.